The van der Waals surface area contributed by atoms with Crippen LogP contribution in [-0.4, -0.2) is 36.1 Å². The highest BCUT2D eigenvalue weighted by Gasteiger charge is 2.24. The standard InChI is InChI=1S/C15H18N4O2/c1-21-11-2-3-12-13(8-11)17-9-18-15(12)19-6-4-10(5-7-19)14(16)20/h2-3,8-10H,4-7H2,1H3,(H2,16,20). The maximum Gasteiger partial charge on any atom is 0.220 e. The van der Waals surface area contributed by atoms with Gasteiger partial charge in [-0.25, -0.2) is 9.97 Å². The third-order valence-electron chi connectivity index (χ3n) is 4.02. The number of rotatable bonds is 3. The first-order valence-corrected chi connectivity index (χ1v) is 7.02. The molecule has 2 N–H and O–H groups in total. The van der Waals surface area contributed by atoms with Gasteiger partial charge in [-0.2, -0.15) is 0 Å². The van der Waals surface area contributed by atoms with E-state index in [0.29, 0.717) is 0 Å². The molecule has 6 heteroatoms. The number of amides is 1. The van der Waals surface area contributed by atoms with Crippen LogP contribution in [0.2, 0.25) is 0 Å². The Hall–Kier alpha value is -2.37. The van der Waals surface area contributed by atoms with E-state index in [1.807, 2.05) is 18.2 Å². The summed E-state index contributed by atoms with van der Waals surface area (Å²) in [7, 11) is 1.64. The molecular formula is C15H18N4O2. The van der Waals surface area contributed by atoms with Gasteiger partial charge in [0.05, 0.1) is 12.6 Å². The summed E-state index contributed by atoms with van der Waals surface area (Å²) >= 11 is 0. The highest BCUT2D eigenvalue weighted by molar-refractivity contribution is 5.90. The van der Waals surface area contributed by atoms with Crippen LogP contribution in [0.15, 0.2) is 24.5 Å². The molecule has 1 fully saturated rings. The van der Waals surface area contributed by atoms with Crippen LogP contribution in [-0.2, 0) is 4.79 Å². The van der Waals surface area contributed by atoms with Crippen molar-refractivity contribution >= 4 is 22.6 Å². The predicted molar refractivity (Wildman–Crippen MR) is 80.2 cm³/mol. The zero-order valence-corrected chi connectivity index (χ0v) is 12.0. The molecule has 0 radical (unpaired) electrons. The van der Waals surface area contributed by atoms with E-state index in [1.165, 1.54) is 0 Å². The smallest absolute Gasteiger partial charge is 0.220 e. The average Bonchev–Trinajstić information content (AvgIpc) is 2.53. The molecule has 1 saturated heterocycles. The molecule has 2 aromatic rings. The maximum atomic E-state index is 11.2. The van der Waals surface area contributed by atoms with Gasteiger partial charge in [0.2, 0.25) is 5.91 Å². The van der Waals surface area contributed by atoms with Crippen molar-refractivity contribution in [1.29, 1.82) is 0 Å². The van der Waals surface area contributed by atoms with Crippen molar-refractivity contribution < 1.29 is 9.53 Å². The van der Waals surface area contributed by atoms with E-state index in [1.54, 1.807) is 13.4 Å². The summed E-state index contributed by atoms with van der Waals surface area (Å²) in [5, 5.41) is 0.996. The van der Waals surface area contributed by atoms with Crippen molar-refractivity contribution in [1.82, 2.24) is 9.97 Å². The Labute approximate surface area is 122 Å². The summed E-state index contributed by atoms with van der Waals surface area (Å²) in [4.78, 5) is 22.1. The molecule has 1 aromatic heterocycles. The lowest BCUT2D eigenvalue weighted by Gasteiger charge is -2.31. The van der Waals surface area contributed by atoms with Crippen LogP contribution in [0.25, 0.3) is 10.9 Å². The number of hydrogen-bond donors (Lipinski definition) is 1. The molecule has 2 heterocycles. The van der Waals surface area contributed by atoms with E-state index in [4.69, 9.17) is 10.5 Å². The van der Waals surface area contributed by atoms with Gasteiger partial charge in [-0.15, -0.1) is 0 Å². The number of ether oxygens (including phenoxy) is 1. The zero-order valence-electron chi connectivity index (χ0n) is 12.0. The normalized spacial score (nSPS) is 16.1. The predicted octanol–water partition coefficient (Wildman–Crippen LogP) is 1.34. The molecule has 21 heavy (non-hydrogen) atoms. The highest BCUT2D eigenvalue weighted by Crippen LogP contribution is 2.29. The second-order valence-corrected chi connectivity index (χ2v) is 5.24. The van der Waals surface area contributed by atoms with Crippen LogP contribution in [0.4, 0.5) is 5.82 Å². The van der Waals surface area contributed by atoms with Crippen LogP contribution < -0.4 is 15.4 Å². The van der Waals surface area contributed by atoms with Gasteiger partial charge in [0.25, 0.3) is 0 Å². The minimum Gasteiger partial charge on any atom is -0.497 e. The summed E-state index contributed by atoms with van der Waals surface area (Å²) in [5.41, 5.74) is 6.23. The van der Waals surface area contributed by atoms with E-state index in [9.17, 15) is 4.79 Å². The number of primary amides is 1. The molecule has 1 aromatic carbocycles. The van der Waals surface area contributed by atoms with E-state index in [0.717, 1.165) is 48.4 Å². The van der Waals surface area contributed by atoms with Crippen LogP contribution in [0, 0.1) is 5.92 Å². The molecular weight excluding hydrogens is 268 g/mol. The Kier molecular flexibility index (Phi) is 3.60. The van der Waals surface area contributed by atoms with Gasteiger partial charge >= 0.3 is 0 Å². The summed E-state index contributed by atoms with van der Waals surface area (Å²) in [5.74, 6) is 1.46. The Morgan fingerprint density at radius 1 is 1.33 bits per heavy atom. The Morgan fingerprint density at radius 2 is 2.10 bits per heavy atom. The monoisotopic (exact) mass is 286 g/mol. The number of fused-ring (bicyclic) bond motifs is 1. The third-order valence-corrected chi connectivity index (χ3v) is 4.02. The molecule has 110 valence electrons. The van der Waals surface area contributed by atoms with Gasteiger partial charge in [0.15, 0.2) is 0 Å². The molecule has 3 rings (SSSR count). The lowest BCUT2D eigenvalue weighted by Crippen LogP contribution is -2.39. The minimum atomic E-state index is -0.202. The number of benzene rings is 1. The molecule has 1 aliphatic rings. The number of nitrogens with zero attached hydrogens (tertiary/aromatic N) is 3. The number of anilines is 1. The van der Waals surface area contributed by atoms with Gasteiger partial charge in [-0.1, -0.05) is 0 Å². The number of methoxy groups -OCH3 is 1. The van der Waals surface area contributed by atoms with Crippen LogP contribution >= 0.6 is 0 Å². The first-order valence-electron chi connectivity index (χ1n) is 7.02. The lowest BCUT2D eigenvalue weighted by molar-refractivity contribution is -0.122. The van der Waals surface area contributed by atoms with Gasteiger partial charge < -0.3 is 15.4 Å². The molecule has 1 amide bonds. The third kappa shape index (κ3) is 2.61. The topological polar surface area (TPSA) is 81.3 Å². The highest BCUT2D eigenvalue weighted by atomic mass is 16.5. The number of aromatic nitrogens is 2. The molecule has 0 unspecified atom stereocenters. The molecule has 0 atom stereocenters. The van der Waals surface area contributed by atoms with Gasteiger partial charge in [-0.05, 0) is 25.0 Å². The van der Waals surface area contributed by atoms with Crippen LogP contribution in [0.3, 0.4) is 0 Å². The molecule has 0 spiro atoms. The van der Waals surface area contributed by atoms with E-state index < -0.39 is 0 Å². The fourth-order valence-electron chi connectivity index (χ4n) is 2.78. The maximum absolute atomic E-state index is 11.2. The van der Waals surface area contributed by atoms with E-state index in [-0.39, 0.29) is 11.8 Å². The molecule has 0 aliphatic carbocycles. The number of carbonyl (C=O) groups excluding carboxylic acids is 1. The number of carbonyl (C=O) groups is 1. The van der Waals surface area contributed by atoms with E-state index in [2.05, 4.69) is 14.9 Å². The first kappa shape index (κ1) is 13.6. The Balaban J connectivity index is 1.89. The second-order valence-electron chi connectivity index (χ2n) is 5.24. The van der Waals surface area contributed by atoms with Gasteiger partial charge in [0, 0.05) is 30.5 Å². The summed E-state index contributed by atoms with van der Waals surface area (Å²) in [6, 6.07) is 5.78. The summed E-state index contributed by atoms with van der Waals surface area (Å²) in [6.45, 7) is 1.57. The van der Waals surface area contributed by atoms with E-state index >= 15 is 0 Å². The van der Waals surface area contributed by atoms with Gasteiger partial charge in [0.1, 0.15) is 17.9 Å². The van der Waals surface area contributed by atoms with Crippen molar-refractivity contribution in [2.75, 3.05) is 25.1 Å². The van der Waals surface area contributed by atoms with Crippen molar-refractivity contribution in [2.24, 2.45) is 11.7 Å². The summed E-state index contributed by atoms with van der Waals surface area (Å²) < 4.78 is 5.22. The van der Waals surface area contributed by atoms with Crippen molar-refractivity contribution in [3.8, 4) is 5.75 Å². The molecule has 0 saturated carbocycles. The first-order chi connectivity index (χ1) is 10.2. The van der Waals surface area contributed by atoms with Crippen molar-refractivity contribution in [3.05, 3.63) is 24.5 Å². The largest absolute Gasteiger partial charge is 0.497 e. The number of nitrogens with two attached hydrogens (primary N) is 1. The minimum absolute atomic E-state index is 0.0190. The fraction of sp³-hybridized carbons (Fsp3) is 0.400. The van der Waals surface area contributed by atoms with Gasteiger partial charge in [-0.3, -0.25) is 4.79 Å². The van der Waals surface area contributed by atoms with Crippen LogP contribution in [0.5, 0.6) is 5.75 Å². The fourth-order valence-corrected chi connectivity index (χ4v) is 2.78. The molecule has 6 nitrogen and oxygen atoms in total. The van der Waals surface area contributed by atoms with Crippen molar-refractivity contribution in [2.45, 2.75) is 12.8 Å². The zero-order chi connectivity index (χ0) is 14.8. The number of piperidine rings is 1. The second kappa shape index (κ2) is 5.55. The van der Waals surface area contributed by atoms with Crippen LogP contribution in [0.1, 0.15) is 12.8 Å². The summed E-state index contributed by atoms with van der Waals surface area (Å²) in [6.07, 6.45) is 3.12. The molecule has 0 bridgehead atoms. The van der Waals surface area contributed by atoms with Crippen molar-refractivity contribution in [3.63, 3.8) is 0 Å². The Morgan fingerprint density at radius 3 is 2.76 bits per heavy atom. The Bertz CT molecular complexity index is 666. The quantitative estimate of drug-likeness (QED) is 0.920. The SMILES string of the molecule is COc1ccc2c(N3CCC(C(N)=O)CC3)ncnc2c1. The average molecular weight is 286 g/mol. The number of hydrogen-bond acceptors (Lipinski definition) is 5. The lowest BCUT2D eigenvalue weighted by atomic mass is 9.96. The molecule has 1 aliphatic heterocycles.